The van der Waals surface area contributed by atoms with Crippen LogP contribution >= 0.6 is 7.60 Å². The van der Waals surface area contributed by atoms with E-state index < -0.39 is 13.3 Å². The molecule has 0 spiro atoms. The lowest BCUT2D eigenvalue weighted by molar-refractivity contribution is 0.357. The maximum absolute atomic E-state index is 11.3. The Balaban J connectivity index is 2.20. The van der Waals surface area contributed by atoms with Gasteiger partial charge >= 0.3 is 7.60 Å². The Labute approximate surface area is 125 Å². The molecule has 0 radical (unpaired) electrons. The quantitative estimate of drug-likeness (QED) is 0.718. The molecule has 0 aliphatic rings. The van der Waals surface area contributed by atoms with E-state index >= 15 is 0 Å². The minimum atomic E-state index is -4.06. The molecule has 1 atom stereocenters. The van der Waals surface area contributed by atoms with Gasteiger partial charge in [0.2, 0.25) is 0 Å². The van der Waals surface area contributed by atoms with E-state index in [9.17, 15) is 14.4 Å². The third-order valence-electron chi connectivity index (χ3n) is 3.46. The zero-order valence-electron chi connectivity index (χ0n) is 11.9. The van der Waals surface area contributed by atoms with Crippen molar-refractivity contribution in [2.24, 2.45) is 0 Å². The summed E-state index contributed by atoms with van der Waals surface area (Å²) in [5.74, 6) is 0. The molecule has 0 saturated heterocycles. The van der Waals surface area contributed by atoms with Gasteiger partial charge in [0, 0.05) is 6.54 Å². The Morgan fingerprint density at radius 3 is 1.76 bits per heavy atom. The molecule has 0 heterocycles. The molecule has 2 aromatic carbocycles. The number of rotatable bonds is 6. The van der Waals surface area contributed by atoms with E-state index in [2.05, 4.69) is 5.32 Å². The SMILES string of the molecule is CC(CNC(c1ccccc1)c1ccccc1)P(=O)(O)O. The molecule has 112 valence electrons. The highest BCUT2D eigenvalue weighted by Crippen LogP contribution is 2.40. The summed E-state index contributed by atoms with van der Waals surface area (Å²) in [4.78, 5) is 18.4. The van der Waals surface area contributed by atoms with E-state index in [4.69, 9.17) is 0 Å². The summed E-state index contributed by atoms with van der Waals surface area (Å²) in [5.41, 5.74) is 1.43. The summed E-state index contributed by atoms with van der Waals surface area (Å²) < 4.78 is 11.3. The lowest BCUT2D eigenvalue weighted by Gasteiger charge is -2.22. The summed E-state index contributed by atoms with van der Waals surface area (Å²) >= 11 is 0. The number of benzene rings is 2. The van der Waals surface area contributed by atoms with E-state index in [1.807, 2.05) is 60.7 Å². The van der Waals surface area contributed by atoms with Gasteiger partial charge in [0.25, 0.3) is 0 Å². The fourth-order valence-corrected chi connectivity index (χ4v) is 2.47. The van der Waals surface area contributed by atoms with Crippen LogP contribution in [0, 0.1) is 0 Å². The molecule has 2 aromatic rings. The lowest BCUT2D eigenvalue weighted by Crippen LogP contribution is -2.29. The van der Waals surface area contributed by atoms with Crippen LogP contribution < -0.4 is 5.32 Å². The predicted molar refractivity (Wildman–Crippen MR) is 84.2 cm³/mol. The molecule has 0 bridgehead atoms. The van der Waals surface area contributed by atoms with Gasteiger partial charge in [0.05, 0.1) is 11.7 Å². The van der Waals surface area contributed by atoms with E-state index in [0.29, 0.717) is 0 Å². The summed E-state index contributed by atoms with van der Waals surface area (Å²) in [6, 6.07) is 19.7. The van der Waals surface area contributed by atoms with Crippen molar-refractivity contribution in [3.63, 3.8) is 0 Å². The fourth-order valence-electron chi connectivity index (χ4n) is 2.13. The standard InChI is InChI=1S/C16H20NO3P/c1-13(21(18,19)20)12-17-16(14-8-4-2-5-9-14)15-10-6-3-7-11-15/h2-11,13,16-17H,12H2,1H3,(H2,18,19,20). The molecule has 0 fully saturated rings. The van der Waals surface area contributed by atoms with Gasteiger partial charge in [-0.2, -0.15) is 0 Å². The molecular weight excluding hydrogens is 285 g/mol. The van der Waals surface area contributed by atoms with Crippen molar-refractivity contribution in [2.45, 2.75) is 18.6 Å². The molecule has 4 nitrogen and oxygen atoms in total. The topological polar surface area (TPSA) is 69.6 Å². The maximum atomic E-state index is 11.3. The summed E-state index contributed by atoms with van der Waals surface area (Å²) in [5, 5.41) is 3.27. The average molecular weight is 305 g/mol. The molecule has 0 aromatic heterocycles. The molecule has 3 N–H and O–H groups in total. The largest absolute Gasteiger partial charge is 0.329 e. The molecular formula is C16H20NO3P. The van der Waals surface area contributed by atoms with E-state index in [1.165, 1.54) is 0 Å². The van der Waals surface area contributed by atoms with Gasteiger partial charge in [-0.15, -0.1) is 0 Å². The van der Waals surface area contributed by atoms with E-state index in [-0.39, 0.29) is 12.6 Å². The normalized spacial score (nSPS) is 13.3. The average Bonchev–Trinajstić information content (AvgIpc) is 2.48. The lowest BCUT2D eigenvalue weighted by atomic mass is 9.99. The maximum Gasteiger partial charge on any atom is 0.329 e. The zero-order chi connectivity index (χ0) is 15.3. The van der Waals surface area contributed by atoms with Crippen molar-refractivity contribution in [3.05, 3.63) is 71.8 Å². The van der Waals surface area contributed by atoms with Crippen LogP contribution in [-0.2, 0) is 4.57 Å². The summed E-state index contributed by atoms with van der Waals surface area (Å²) in [6.07, 6.45) is 0. The highest BCUT2D eigenvalue weighted by Gasteiger charge is 2.25. The van der Waals surface area contributed by atoms with Crippen molar-refractivity contribution < 1.29 is 14.4 Å². The first-order chi connectivity index (χ1) is 9.98. The van der Waals surface area contributed by atoms with Crippen molar-refractivity contribution in [1.29, 1.82) is 0 Å². The van der Waals surface area contributed by atoms with Crippen LogP contribution in [0.3, 0.4) is 0 Å². The van der Waals surface area contributed by atoms with E-state index in [1.54, 1.807) is 6.92 Å². The summed E-state index contributed by atoms with van der Waals surface area (Å²) in [6.45, 7) is 1.81. The van der Waals surface area contributed by atoms with Crippen LogP contribution in [0.15, 0.2) is 60.7 Å². The third-order valence-corrected chi connectivity index (χ3v) is 4.79. The van der Waals surface area contributed by atoms with Gasteiger partial charge in [-0.25, -0.2) is 0 Å². The minimum Gasteiger partial charge on any atom is -0.324 e. The summed E-state index contributed by atoms with van der Waals surface area (Å²) in [7, 11) is -4.06. The predicted octanol–water partition coefficient (Wildman–Crippen LogP) is 2.93. The molecule has 21 heavy (non-hydrogen) atoms. The fraction of sp³-hybridized carbons (Fsp3) is 0.250. The van der Waals surface area contributed by atoms with Crippen LogP contribution in [0.25, 0.3) is 0 Å². The second kappa shape index (κ2) is 7.01. The van der Waals surface area contributed by atoms with E-state index in [0.717, 1.165) is 11.1 Å². The molecule has 1 unspecified atom stereocenters. The van der Waals surface area contributed by atoms with Crippen LogP contribution in [0.4, 0.5) is 0 Å². The Kier molecular flexibility index (Phi) is 5.32. The molecule has 0 aliphatic heterocycles. The Morgan fingerprint density at radius 2 is 1.38 bits per heavy atom. The van der Waals surface area contributed by atoms with Crippen molar-refractivity contribution in [2.75, 3.05) is 6.54 Å². The monoisotopic (exact) mass is 305 g/mol. The molecule has 0 amide bonds. The van der Waals surface area contributed by atoms with Crippen molar-refractivity contribution >= 4 is 7.60 Å². The molecule has 0 saturated carbocycles. The Bertz CT molecular complexity index is 558. The third kappa shape index (κ3) is 4.51. The Hall–Kier alpha value is -1.45. The van der Waals surface area contributed by atoms with Crippen molar-refractivity contribution in [3.8, 4) is 0 Å². The van der Waals surface area contributed by atoms with Crippen LogP contribution in [0.5, 0.6) is 0 Å². The van der Waals surface area contributed by atoms with Gasteiger partial charge in [0.1, 0.15) is 0 Å². The molecule has 0 aliphatic carbocycles. The first-order valence-electron chi connectivity index (χ1n) is 6.87. The highest BCUT2D eigenvalue weighted by atomic mass is 31.2. The first-order valence-corrected chi connectivity index (χ1v) is 8.55. The second-order valence-electron chi connectivity index (χ2n) is 5.10. The zero-order valence-corrected chi connectivity index (χ0v) is 12.8. The van der Waals surface area contributed by atoms with Crippen LogP contribution in [0.1, 0.15) is 24.1 Å². The highest BCUT2D eigenvalue weighted by molar-refractivity contribution is 7.52. The molecule has 5 heteroatoms. The van der Waals surface area contributed by atoms with Crippen molar-refractivity contribution in [1.82, 2.24) is 5.32 Å². The van der Waals surface area contributed by atoms with Crippen LogP contribution in [-0.4, -0.2) is 22.0 Å². The second-order valence-corrected chi connectivity index (χ2v) is 7.16. The first kappa shape index (κ1) is 15.9. The molecule has 2 rings (SSSR count). The van der Waals surface area contributed by atoms with Gasteiger partial charge in [-0.1, -0.05) is 60.7 Å². The van der Waals surface area contributed by atoms with Gasteiger partial charge in [0.15, 0.2) is 0 Å². The van der Waals surface area contributed by atoms with Gasteiger partial charge < -0.3 is 15.1 Å². The van der Waals surface area contributed by atoms with Gasteiger partial charge in [-0.3, -0.25) is 4.57 Å². The smallest absolute Gasteiger partial charge is 0.324 e. The number of hydrogen-bond donors (Lipinski definition) is 3. The number of hydrogen-bond acceptors (Lipinski definition) is 2. The Morgan fingerprint density at radius 1 is 0.952 bits per heavy atom. The van der Waals surface area contributed by atoms with Crippen LogP contribution in [0.2, 0.25) is 0 Å². The van der Waals surface area contributed by atoms with Gasteiger partial charge in [-0.05, 0) is 18.1 Å². The number of nitrogens with one attached hydrogen (secondary N) is 1. The minimum absolute atomic E-state index is 0.0820.